The van der Waals surface area contributed by atoms with Gasteiger partial charge in [-0.2, -0.15) is 0 Å². The first-order valence-corrected chi connectivity index (χ1v) is 43.2. The van der Waals surface area contributed by atoms with Crippen LogP contribution in [0.3, 0.4) is 0 Å². The normalized spacial score (nSPS) is 19.3. The zero-order valence-corrected chi connectivity index (χ0v) is 69.5. The molecule has 1 heterocycles. The van der Waals surface area contributed by atoms with E-state index in [2.05, 4.69) is 21.3 Å². The number of carboxylic acid groups (broad SMARTS) is 1. The van der Waals surface area contributed by atoms with E-state index in [-0.39, 0.29) is 104 Å². The molecule has 0 radical (unpaired) electrons. The molecule has 14 nitrogen and oxygen atoms in total. The van der Waals surface area contributed by atoms with Crippen molar-refractivity contribution >= 4 is 117 Å². The third-order valence-corrected chi connectivity index (χ3v) is 27.2. The van der Waals surface area contributed by atoms with Crippen LogP contribution in [0.5, 0.6) is 0 Å². The van der Waals surface area contributed by atoms with Crippen LogP contribution in [-0.2, 0) is 19.2 Å². The Labute approximate surface area is 718 Å². The molecule has 13 rings (SSSR count). The number of rotatable bonds is 21. The van der Waals surface area contributed by atoms with Crippen molar-refractivity contribution in [3.05, 3.63) is 236 Å². The van der Waals surface area contributed by atoms with Crippen molar-refractivity contribution in [1.29, 1.82) is 0 Å². The van der Waals surface area contributed by atoms with Crippen LogP contribution in [0.2, 0.25) is 0 Å². The number of halogens is 15. The van der Waals surface area contributed by atoms with Crippen LogP contribution in [0.25, 0.3) is 0 Å². The number of carbonyl (C=O) groups is 8. The van der Waals surface area contributed by atoms with Gasteiger partial charge >= 0.3 is 5.97 Å². The molecule has 658 valence electrons. The molecule has 0 aromatic heterocycles. The van der Waals surface area contributed by atoms with E-state index in [0.29, 0.717) is 75.4 Å². The summed E-state index contributed by atoms with van der Waals surface area (Å²) in [6.07, 6.45) is 15.6. The Morgan fingerprint density at radius 1 is 0.341 bits per heavy atom. The molecule has 0 atom stereocenters. The van der Waals surface area contributed by atoms with Crippen molar-refractivity contribution in [2.45, 2.75) is 186 Å². The summed E-state index contributed by atoms with van der Waals surface area (Å²) in [5.41, 5.74) is 0.756. The fraction of sp³-hybridized carbons (Fsp3) is 0.378. The summed E-state index contributed by atoms with van der Waals surface area (Å²) in [5, 5.41) is 18.8. The molecular formula is C90H90F15N5O9S4. The van der Waals surface area contributed by atoms with Crippen LogP contribution in [0, 0.1) is 124 Å². The van der Waals surface area contributed by atoms with Crippen molar-refractivity contribution in [2.24, 2.45) is 29.6 Å². The number of anilines is 4. The highest BCUT2D eigenvalue weighted by atomic mass is 32.2. The van der Waals surface area contributed by atoms with E-state index in [9.17, 15) is 104 Å². The number of thioether (sulfide) groups is 4. The predicted octanol–water partition coefficient (Wildman–Crippen LogP) is 23.9. The van der Waals surface area contributed by atoms with Crippen LogP contribution in [-0.4, -0.2) is 91.7 Å². The molecule has 1 saturated heterocycles. The minimum Gasteiger partial charge on any atom is -0.481 e. The van der Waals surface area contributed by atoms with E-state index in [1.165, 1.54) is 84.2 Å². The van der Waals surface area contributed by atoms with Gasteiger partial charge in [0.25, 0.3) is 23.6 Å². The standard InChI is InChI=1S/C25H26F4N2O2S.C22H22F3NO3S.2C21H19F4NO2S.CH4/c26-19-9-6-16(24(32)30-17-13-20(27)23(29)21(28)14-17)12-22(19)34-18-7-4-15(5-8-18)25(33)31-10-2-1-3-11-31;1-12-2-5-15(21(27)26-16-9-17(23)20(25)18(24)10-16)8-19(12)30-11-13-3-6-14(7-4-13)22(28)29;2*1-11(27)12-2-5-15(6-3-12)29-19-8-13(4-7-16(19)22)21(28)26-14-9-17(23)20(25)18(24)10-14;/h6,9,12-15,18H,1-5,7-8,10-11H2,(H,30,32);2,5,8-10,13-14H,3-4,6-7,11H2,1H3,(H,26,27)(H,28,29);2*4,7-10,12,15H,2-3,5-6H2,1H3,(H,26,28);1H4. The summed E-state index contributed by atoms with van der Waals surface area (Å²) in [5.74, 6) is -20.8. The quantitative estimate of drug-likeness (QED) is 0.0258. The molecule has 5 aliphatic rings. The van der Waals surface area contributed by atoms with Gasteiger partial charge in [0.05, 0.1) is 5.92 Å². The summed E-state index contributed by atoms with van der Waals surface area (Å²) in [6.45, 7) is 6.77. The topological polar surface area (TPSA) is 208 Å². The Hall–Kier alpha value is -9.73. The summed E-state index contributed by atoms with van der Waals surface area (Å²) in [7, 11) is 0. The smallest absolute Gasteiger partial charge is 0.306 e. The number of aryl methyl sites for hydroxylation is 1. The lowest BCUT2D eigenvalue weighted by atomic mass is 9.83. The number of hydrogen-bond acceptors (Lipinski definition) is 12. The Morgan fingerprint density at radius 3 is 0.894 bits per heavy atom. The molecular weight excluding hydrogens is 1710 g/mol. The number of carboxylic acids is 1. The maximum Gasteiger partial charge on any atom is 0.306 e. The van der Waals surface area contributed by atoms with Crippen molar-refractivity contribution in [3.8, 4) is 0 Å². The number of aliphatic carboxylic acids is 1. The third kappa shape index (κ3) is 27.4. The van der Waals surface area contributed by atoms with Crippen molar-refractivity contribution in [1.82, 2.24) is 4.90 Å². The number of carbonyl (C=O) groups excluding carboxylic acids is 7. The monoisotopic (exact) mass is 1800 g/mol. The second-order valence-corrected chi connectivity index (χ2v) is 35.6. The van der Waals surface area contributed by atoms with E-state index in [1.54, 1.807) is 43.8 Å². The molecule has 0 unspecified atom stereocenters. The highest BCUT2D eigenvalue weighted by Gasteiger charge is 2.34. The predicted molar refractivity (Wildman–Crippen MR) is 445 cm³/mol. The first kappa shape index (κ1) is 97.1. The average molecular weight is 1800 g/mol. The third-order valence-electron chi connectivity index (χ3n) is 21.7. The van der Waals surface area contributed by atoms with Gasteiger partial charge in [-0.05, 0) is 221 Å². The van der Waals surface area contributed by atoms with E-state index in [0.717, 1.165) is 156 Å². The molecule has 1 aliphatic heterocycles. The zero-order chi connectivity index (χ0) is 88.3. The molecule has 0 spiro atoms. The lowest BCUT2D eigenvalue weighted by molar-refractivity contribution is -0.143. The molecule has 33 heteroatoms. The maximum atomic E-state index is 14.5. The summed E-state index contributed by atoms with van der Waals surface area (Å²) in [6, 6.07) is 22.1. The second kappa shape index (κ2) is 45.2. The Kier molecular flexibility index (Phi) is 35.7. The van der Waals surface area contributed by atoms with Crippen LogP contribution in [0.1, 0.15) is 190 Å². The van der Waals surface area contributed by atoms with Gasteiger partial charge in [0.1, 0.15) is 29.0 Å². The summed E-state index contributed by atoms with van der Waals surface area (Å²) in [4.78, 5) is 100. The number of nitrogens with zero attached hydrogens (tertiary/aromatic N) is 1. The van der Waals surface area contributed by atoms with E-state index >= 15 is 0 Å². The minimum atomic E-state index is -1.62. The fourth-order valence-corrected chi connectivity index (χ4v) is 19.7. The molecule has 8 aromatic rings. The molecule has 0 bridgehead atoms. The second-order valence-electron chi connectivity index (χ2n) is 30.5. The molecule has 5 amide bonds. The molecule has 123 heavy (non-hydrogen) atoms. The lowest BCUT2D eigenvalue weighted by Crippen LogP contribution is -2.41. The minimum absolute atomic E-state index is 0. The Balaban J connectivity index is 0.000000186. The lowest BCUT2D eigenvalue weighted by Gasteiger charge is -2.33. The van der Waals surface area contributed by atoms with Gasteiger partial charge in [-0.1, -0.05) is 13.5 Å². The Morgan fingerprint density at radius 2 is 0.610 bits per heavy atom. The van der Waals surface area contributed by atoms with E-state index < -0.39 is 117 Å². The van der Waals surface area contributed by atoms with Gasteiger partial charge in [0, 0.05) is 165 Å². The van der Waals surface area contributed by atoms with Crippen LogP contribution in [0.15, 0.2) is 141 Å². The van der Waals surface area contributed by atoms with Gasteiger partial charge < -0.3 is 31.3 Å². The molecule has 5 fully saturated rings. The molecule has 8 aromatic carbocycles. The number of benzene rings is 8. The number of nitrogens with one attached hydrogen (secondary N) is 4. The Bertz CT molecular complexity index is 4930. The summed E-state index contributed by atoms with van der Waals surface area (Å²) >= 11 is 5.57. The zero-order valence-electron chi connectivity index (χ0n) is 66.2. The van der Waals surface area contributed by atoms with Gasteiger partial charge in [0.15, 0.2) is 69.8 Å². The highest BCUT2D eigenvalue weighted by molar-refractivity contribution is 8.00. The first-order valence-electron chi connectivity index (χ1n) is 39.5. The summed E-state index contributed by atoms with van der Waals surface area (Å²) < 4.78 is 202. The van der Waals surface area contributed by atoms with E-state index in [1.807, 2.05) is 11.8 Å². The van der Waals surface area contributed by atoms with Gasteiger partial charge in [-0.25, -0.2) is 65.9 Å². The number of ketones is 2. The van der Waals surface area contributed by atoms with Crippen LogP contribution >= 0.6 is 47.0 Å². The van der Waals surface area contributed by atoms with E-state index in [4.69, 9.17) is 5.11 Å². The highest BCUT2D eigenvalue weighted by Crippen LogP contribution is 2.43. The molecule has 5 N–H and O–H groups in total. The number of amides is 5. The largest absolute Gasteiger partial charge is 0.481 e. The number of Topliss-reactive ketones (excluding diaryl/α,β-unsaturated/α-hetero) is 2. The first-order chi connectivity index (χ1) is 58.0. The number of likely N-dealkylation sites (tertiary alicyclic amines) is 1. The van der Waals surface area contributed by atoms with Gasteiger partial charge in [-0.15, -0.1) is 47.0 Å². The molecule has 4 saturated carbocycles. The van der Waals surface area contributed by atoms with Crippen molar-refractivity contribution in [2.75, 3.05) is 40.1 Å². The average Bonchev–Trinajstić information content (AvgIpc) is 0.832. The van der Waals surface area contributed by atoms with Crippen molar-refractivity contribution < 1.29 is 109 Å². The maximum absolute atomic E-state index is 14.5. The van der Waals surface area contributed by atoms with Crippen LogP contribution in [0.4, 0.5) is 88.6 Å². The number of hydrogen-bond donors (Lipinski definition) is 5. The fourth-order valence-electron chi connectivity index (χ4n) is 14.7. The SMILES string of the molecule is C.CC(=O)C1CCC(Sc2cc(C(=O)Nc3cc(F)c(F)c(F)c3)ccc2F)CC1.CC(=O)C1CCC(Sc2cc(C(=O)Nc3cc(F)c(F)c(F)c3)ccc2F)CC1.Cc1ccc(C(=O)Nc2cc(F)c(F)c(F)c2)cc1SCC1CCC(C(=O)O)CC1.O=C(Nc1cc(F)c(F)c(F)c1)c1ccc(F)c(SC2CCC(C(=O)N3CCCCC3)CC2)c1. The number of piperidine rings is 1. The molecule has 4 aliphatic carbocycles. The van der Waals surface area contributed by atoms with Crippen LogP contribution < -0.4 is 21.3 Å². The van der Waals surface area contributed by atoms with Gasteiger partial charge in [0.2, 0.25) is 5.91 Å². The van der Waals surface area contributed by atoms with Gasteiger partial charge in [-0.3, -0.25) is 38.4 Å². The van der Waals surface area contributed by atoms with Crippen molar-refractivity contribution in [3.63, 3.8) is 0 Å².